The molecule has 0 unspecified atom stereocenters. The average molecular weight is 531 g/mol. The van der Waals surface area contributed by atoms with Crippen molar-refractivity contribution >= 4 is 68.7 Å². The van der Waals surface area contributed by atoms with Gasteiger partial charge in [-0.1, -0.05) is 59.6 Å². The van der Waals surface area contributed by atoms with E-state index in [1.165, 1.54) is 18.4 Å². The number of ether oxygens (including phenoxy) is 1. The summed E-state index contributed by atoms with van der Waals surface area (Å²) in [5.41, 5.74) is 3.18. The smallest absolute Gasteiger partial charge is 0.341 e. The highest BCUT2D eigenvalue weighted by atomic mass is 35.5. The van der Waals surface area contributed by atoms with E-state index in [-0.39, 0.29) is 0 Å². The molecule has 0 bridgehead atoms. The second kappa shape index (κ2) is 10.6. The van der Waals surface area contributed by atoms with Crippen LogP contribution in [0.1, 0.15) is 20.8 Å². The number of anilines is 2. The zero-order valence-corrected chi connectivity index (χ0v) is 21.4. The number of rotatable bonds is 6. The van der Waals surface area contributed by atoms with E-state index in [0.29, 0.717) is 38.1 Å². The highest BCUT2D eigenvalue weighted by molar-refractivity contribution is 7.80. The number of hydrogen-bond donors (Lipinski definition) is 2. The van der Waals surface area contributed by atoms with Crippen LogP contribution in [0.25, 0.3) is 11.1 Å². The van der Waals surface area contributed by atoms with Gasteiger partial charge in [-0.25, -0.2) is 4.79 Å². The maximum atomic E-state index is 12.7. The number of carbonyl (C=O) groups is 1. The Morgan fingerprint density at radius 3 is 2.59 bits per heavy atom. The van der Waals surface area contributed by atoms with Crippen molar-refractivity contribution in [3.63, 3.8) is 0 Å². The van der Waals surface area contributed by atoms with Crippen molar-refractivity contribution in [1.82, 2.24) is 9.78 Å². The van der Waals surface area contributed by atoms with Crippen LogP contribution in [0.3, 0.4) is 0 Å². The fraction of sp³-hybridized carbons (Fsp3) is 0.125. The van der Waals surface area contributed by atoms with Gasteiger partial charge in [0.2, 0.25) is 0 Å². The highest BCUT2D eigenvalue weighted by Crippen LogP contribution is 2.40. The quantitative estimate of drug-likeness (QED) is 0.209. The molecule has 6 nitrogen and oxygen atoms in total. The molecule has 34 heavy (non-hydrogen) atoms. The Morgan fingerprint density at radius 2 is 1.88 bits per heavy atom. The molecule has 2 N–H and O–H groups in total. The summed E-state index contributed by atoms with van der Waals surface area (Å²) in [7, 11) is 1.37. The van der Waals surface area contributed by atoms with E-state index in [1.807, 2.05) is 61.7 Å². The van der Waals surface area contributed by atoms with Crippen molar-refractivity contribution in [2.45, 2.75) is 13.5 Å². The molecule has 0 saturated heterocycles. The van der Waals surface area contributed by atoms with Crippen LogP contribution >= 0.6 is 46.8 Å². The normalized spacial score (nSPS) is 10.7. The van der Waals surface area contributed by atoms with Gasteiger partial charge in [-0.2, -0.15) is 5.10 Å². The standard InChI is InChI=1S/C24H20Cl2N4O2S2/c1-14-20(16-6-4-3-5-7-16)21(23(31)32-2)22(34-14)28-24(33)27-19-10-11-30(29-19)13-15-8-9-17(25)18(26)12-15/h3-12H,13H2,1-2H3,(H2,27,28,29,33). The van der Waals surface area contributed by atoms with Gasteiger partial charge in [0.05, 0.1) is 23.7 Å². The molecule has 0 radical (unpaired) electrons. The molecule has 0 atom stereocenters. The van der Waals surface area contributed by atoms with E-state index in [2.05, 4.69) is 15.7 Å². The first-order valence-electron chi connectivity index (χ1n) is 10.2. The lowest BCUT2D eigenvalue weighted by Crippen LogP contribution is -2.20. The van der Waals surface area contributed by atoms with Crippen molar-refractivity contribution in [2.75, 3.05) is 17.7 Å². The van der Waals surface area contributed by atoms with Gasteiger partial charge in [-0.05, 0) is 42.4 Å². The molecule has 0 aliphatic heterocycles. The van der Waals surface area contributed by atoms with Crippen LogP contribution in [0.2, 0.25) is 10.0 Å². The van der Waals surface area contributed by atoms with Crippen LogP contribution in [-0.4, -0.2) is 28.0 Å². The van der Waals surface area contributed by atoms with Gasteiger partial charge in [0.15, 0.2) is 10.9 Å². The number of benzene rings is 2. The topological polar surface area (TPSA) is 68.2 Å². The van der Waals surface area contributed by atoms with Crippen LogP contribution in [0.15, 0.2) is 60.8 Å². The van der Waals surface area contributed by atoms with E-state index < -0.39 is 5.97 Å². The lowest BCUT2D eigenvalue weighted by molar-refractivity contribution is 0.0603. The molecule has 2 aromatic carbocycles. The van der Waals surface area contributed by atoms with Crippen LogP contribution in [0.4, 0.5) is 10.8 Å². The van der Waals surface area contributed by atoms with Crippen molar-refractivity contribution in [2.24, 2.45) is 0 Å². The summed E-state index contributed by atoms with van der Waals surface area (Å²) in [5.74, 6) is 0.133. The van der Waals surface area contributed by atoms with E-state index in [1.54, 1.807) is 10.7 Å². The van der Waals surface area contributed by atoms with Gasteiger partial charge in [0, 0.05) is 22.7 Å². The lowest BCUT2D eigenvalue weighted by atomic mass is 10.0. The van der Waals surface area contributed by atoms with E-state index in [0.717, 1.165) is 21.6 Å². The minimum Gasteiger partial charge on any atom is -0.465 e. The van der Waals surface area contributed by atoms with Gasteiger partial charge in [-0.15, -0.1) is 11.3 Å². The molecule has 4 rings (SSSR count). The summed E-state index contributed by atoms with van der Waals surface area (Å²) in [6.07, 6.45) is 1.83. The maximum Gasteiger partial charge on any atom is 0.341 e. The molecule has 0 fully saturated rings. The molecule has 2 heterocycles. The third-order valence-electron chi connectivity index (χ3n) is 4.97. The molecule has 0 amide bonds. The minimum atomic E-state index is -0.431. The van der Waals surface area contributed by atoms with E-state index >= 15 is 0 Å². The number of nitrogens with one attached hydrogen (secondary N) is 2. The van der Waals surface area contributed by atoms with Gasteiger partial charge in [0.25, 0.3) is 0 Å². The Hall–Kier alpha value is -2.91. The zero-order valence-electron chi connectivity index (χ0n) is 18.3. The van der Waals surface area contributed by atoms with Crippen molar-refractivity contribution in [3.8, 4) is 11.1 Å². The molecule has 174 valence electrons. The molecule has 0 saturated carbocycles. The van der Waals surface area contributed by atoms with E-state index in [9.17, 15) is 4.79 Å². The number of hydrogen-bond acceptors (Lipinski definition) is 5. The summed E-state index contributed by atoms with van der Waals surface area (Å²) in [5, 5.41) is 12.6. The van der Waals surface area contributed by atoms with Crippen molar-refractivity contribution in [3.05, 3.63) is 86.8 Å². The molecule has 2 aromatic heterocycles. The number of halogens is 2. The first kappa shape index (κ1) is 24.2. The van der Waals surface area contributed by atoms with Crippen LogP contribution in [0, 0.1) is 6.92 Å². The number of thiocarbonyl (C=S) groups is 1. The second-order valence-corrected chi connectivity index (χ2v) is 9.77. The van der Waals surface area contributed by atoms with Crippen molar-refractivity contribution < 1.29 is 9.53 Å². The number of aromatic nitrogens is 2. The fourth-order valence-corrected chi connectivity index (χ4v) is 5.13. The monoisotopic (exact) mass is 530 g/mol. The first-order valence-corrected chi connectivity index (χ1v) is 12.2. The number of nitrogens with zero attached hydrogens (tertiary/aromatic N) is 2. The summed E-state index contributed by atoms with van der Waals surface area (Å²) < 4.78 is 6.82. The third kappa shape index (κ3) is 5.42. The lowest BCUT2D eigenvalue weighted by Gasteiger charge is -2.10. The Balaban J connectivity index is 1.50. The number of thiophene rings is 1. The zero-order chi connectivity index (χ0) is 24.2. The number of methoxy groups -OCH3 is 1. The van der Waals surface area contributed by atoms with Gasteiger partial charge in [-0.3, -0.25) is 4.68 Å². The Kier molecular flexibility index (Phi) is 7.53. The predicted octanol–water partition coefficient (Wildman–Crippen LogP) is 6.87. The van der Waals surface area contributed by atoms with E-state index in [4.69, 9.17) is 40.2 Å². The number of aryl methyl sites for hydroxylation is 1. The molecule has 0 aliphatic rings. The van der Waals surface area contributed by atoms with Gasteiger partial charge >= 0.3 is 5.97 Å². The molecule has 0 aliphatic carbocycles. The Bertz CT molecular complexity index is 1350. The number of esters is 1. The molecular weight excluding hydrogens is 511 g/mol. The summed E-state index contributed by atoms with van der Waals surface area (Å²) in [4.78, 5) is 13.6. The fourth-order valence-electron chi connectivity index (χ4n) is 3.47. The van der Waals surface area contributed by atoms with Crippen LogP contribution in [0.5, 0.6) is 0 Å². The highest BCUT2D eigenvalue weighted by Gasteiger charge is 2.24. The number of carbonyl (C=O) groups excluding carboxylic acids is 1. The van der Waals surface area contributed by atoms with Crippen LogP contribution < -0.4 is 10.6 Å². The average Bonchev–Trinajstić information content (AvgIpc) is 3.39. The largest absolute Gasteiger partial charge is 0.465 e. The maximum absolute atomic E-state index is 12.7. The Labute approximate surface area is 216 Å². The third-order valence-corrected chi connectivity index (χ3v) is 6.94. The molecule has 4 aromatic rings. The van der Waals surface area contributed by atoms with Gasteiger partial charge in [0.1, 0.15) is 10.6 Å². The molecule has 0 spiro atoms. The first-order chi connectivity index (χ1) is 16.4. The molecule has 10 heteroatoms. The molecular formula is C24H20Cl2N4O2S2. The summed E-state index contributed by atoms with van der Waals surface area (Å²) in [6.45, 7) is 2.49. The Morgan fingerprint density at radius 1 is 1.12 bits per heavy atom. The minimum absolute atomic E-state index is 0.311. The summed E-state index contributed by atoms with van der Waals surface area (Å²) >= 11 is 19.0. The van der Waals surface area contributed by atoms with Crippen LogP contribution in [-0.2, 0) is 11.3 Å². The predicted molar refractivity (Wildman–Crippen MR) is 143 cm³/mol. The van der Waals surface area contributed by atoms with Gasteiger partial charge < -0.3 is 15.4 Å². The van der Waals surface area contributed by atoms with Crippen molar-refractivity contribution in [1.29, 1.82) is 0 Å². The second-order valence-electron chi connectivity index (χ2n) is 7.32. The SMILES string of the molecule is COC(=O)c1c(NC(=S)Nc2ccn(Cc3ccc(Cl)c(Cl)c3)n2)sc(C)c1-c1ccccc1. The summed E-state index contributed by atoms with van der Waals surface area (Å²) in [6, 6.07) is 17.0.